The molecule has 1 atom stereocenters. The van der Waals surface area contributed by atoms with Crippen LogP contribution >= 0.6 is 0 Å². The first-order valence-corrected chi connectivity index (χ1v) is 7.61. The first kappa shape index (κ1) is 15.0. The minimum absolute atomic E-state index is 0.00558. The standard InChI is InChI=1S/C15H26N4O/c1-12(2)14(16-3)11-19-15(20)9-13(10-17-19)18-7-5-4-6-8-18/h9-10,12,14,16H,4-8,11H2,1-3H3. The van der Waals surface area contributed by atoms with Crippen molar-refractivity contribution in [2.75, 3.05) is 25.0 Å². The van der Waals surface area contributed by atoms with Crippen LogP contribution in [0, 0.1) is 5.92 Å². The van der Waals surface area contributed by atoms with Crippen LogP contribution in [0.25, 0.3) is 0 Å². The molecule has 1 aliphatic rings. The fourth-order valence-electron chi connectivity index (χ4n) is 2.71. The van der Waals surface area contributed by atoms with Crippen molar-refractivity contribution in [2.24, 2.45) is 5.92 Å². The Labute approximate surface area is 121 Å². The van der Waals surface area contributed by atoms with E-state index in [4.69, 9.17) is 0 Å². The Kier molecular flexibility index (Phi) is 5.17. The zero-order valence-corrected chi connectivity index (χ0v) is 12.8. The van der Waals surface area contributed by atoms with E-state index in [2.05, 4.69) is 29.2 Å². The topological polar surface area (TPSA) is 50.2 Å². The van der Waals surface area contributed by atoms with Crippen LogP contribution in [-0.2, 0) is 6.54 Å². The number of anilines is 1. The fraction of sp³-hybridized carbons (Fsp3) is 0.733. The largest absolute Gasteiger partial charge is 0.370 e. The van der Waals surface area contributed by atoms with Crippen molar-refractivity contribution in [3.63, 3.8) is 0 Å². The van der Waals surface area contributed by atoms with Gasteiger partial charge in [0.1, 0.15) is 0 Å². The van der Waals surface area contributed by atoms with Gasteiger partial charge in [0.05, 0.1) is 18.4 Å². The second-order valence-corrected chi connectivity index (χ2v) is 5.92. The molecule has 2 rings (SSSR count). The molecule has 1 aromatic heterocycles. The summed E-state index contributed by atoms with van der Waals surface area (Å²) in [4.78, 5) is 14.5. The minimum Gasteiger partial charge on any atom is -0.370 e. The number of likely N-dealkylation sites (N-methyl/N-ethyl adjacent to an activating group) is 1. The van der Waals surface area contributed by atoms with Crippen molar-refractivity contribution in [3.8, 4) is 0 Å². The van der Waals surface area contributed by atoms with Crippen LogP contribution in [0.5, 0.6) is 0 Å². The Hall–Kier alpha value is -1.36. The lowest BCUT2D eigenvalue weighted by Gasteiger charge is -2.28. The predicted molar refractivity (Wildman–Crippen MR) is 82.2 cm³/mol. The van der Waals surface area contributed by atoms with E-state index in [1.807, 2.05) is 13.2 Å². The van der Waals surface area contributed by atoms with Crippen LogP contribution in [0.1, 0.15) is 33.1 Å². The highest BCUT2D eigenvalue weighted by Gasteiger charge is 2.15. The molecule has 112 valence electrons. The smallest absolute Gasteiger partial charge is 0.268 e. The number of rotatable bonds is 5. The average Bonchev–Trinajstić information content (AvgIpc) is 2.46. The van der Waals surface area contributed by atoms with Gasteiger partial charge in [-0.2, -0.15) is 5.10 Å². The maximum Gasteiger partial charge on any atom is 0.268 e. The van der Waals surface area contributed by atoms with Gasteiger partial charge in [-0.1, -0.05) is 13.8 Å². The Morgan fingerprint density at radius 1 is 1.30 bits per heavy atom. The summed E-state index contributed by atoms with van der Waals surface area (Å²) in [6, 6.07) is 1.99. The number of piperidine rings is 1. The molecular weight excluding hydrogens is 252 g/mol. The number of nitrogens with one attached hydrogen (secondary N) is 1. The predicted octanol–water partition coefficient (Wildman–Crippen LogP) is 1.48. The third kappa shape index (κ3) is 3.60. The summed E-state index contributed by atoms with van der Waals surface area (Å²) in [5.41, 5.74) is 0.963. The van der Waals surface area contributed by atoms with Crippen LogP contribution in [0.15, 0.2) is 17.1 Å². The molecule has 1 fully saturated rings. The van der Waals surface area contributed by atoms with Crippen molar-refractivity contribution in [2.45, 2.75) is 45.7 Å². The van der Waals surface area contributed by atoms with Gasteiger partial charge < -0.3 is 10.2 Å². The van der Waals surface area contributed by atoms with Gasteiger partial charge in [-0.25, -0.2) is 4.68 Å². The summed E-state index contributed by atoms with van der Waals surface area (Å²) in [5, 5.41) is 7.59. The van der Waals surface area contributed by atoms with Gasteiger partial charge in [-0.15, -0.1) is 0 Å². The van der Waals surface area contributed by atoms with Crippen LogP contribution in [0.3, 0.4) is 0 Å². The SMILES string of the molecule is CNC(Cn1ncc(N2CCCCC2)cc1=O)C(C)C. The van der Waals surface area contributed by atoms with Crippen molar-refractivity contribution in [1.82, 2.24) is 15.1 Å². The molecule has 1 aliphatic heterocycles. The molecule has 1 aromatic rings. The molecule has 0 radical (unpaired) electrons. The van der Waals surface area contributed by atoms with E-state index in [1.165, 1.54) is 19.3 Å². The normalized spacial score (nSPS) is 17.5. The molecule has 0 aromatic carbocycles. The molecule has 1 saturated heterocycles. The van der Waals surface area contributed by atoms with Gasteiger partial charge in [-0.05, 0) is 32.2 Å². The zero-order valence-electron chi connectivity index (χ0n) is 12.8. The third-order valence-electron chi connectivity index (χ3n) is 4.12. The Morgan fingerprint density at radius 3 is 2.55 bits per heavy atom. The van der Waals surface area contributed by atoms with E-state index < -0.39 is 0 Å². The third-order valence-corrected chi connectivity index (χ3v) is 4.12. The first-order valence-electron chi connectivity index (χ1n) is 7.61. The van der Waals surface area contributed by atoms with E-state index in [9.17, 15) is 4.79 Å². The molecule has 1 unspecified atom stereocenters. The lowest BCUT2D eigenvalue weighted by atomic mass is 10.1. The van der Waals surface area contributed by atoms with E-state index in [0.717, 1.165) is 18.8 Å². The number of aromatic nitrogens is 2. The number of hydrogen-bond acceptors (Lipinski definition) is 4. The molecule has 0 spiro atoms. The summed E-state index contributed by atoms with van der Waals surface area (Å²) in [6.45, 7) is 6.99. The first-order chi connectivity index (χ1) is 9.61. The lowest BCUT2D eigenvalue weighted by Crippen LogP contribution is -2.39. The molecule has 0 bridgehead atoms. The Morgan fingerprint density at radius 2 is 2.00 bits per heavy atom. The molecule has 5 nitrogen and oxygen atoms in total. The number of hydrogen-bond donors (Lipinski definition) is 1. The fourth-order valence-corrected chi connectivity index (χ4v) is 2.71. The van der Waals surface area contributed by atoms with Gasteiger partial charge in [0, 0.05) is 25.2 Å². The Bertz CT molecular complexity index is 477. The molecule has 0 aliphatic carbocycles. The van der Waals surface area contributed by atoms with Gasteiger partial charge in [0.15, 0.2) is 0 Å². The van der Waals surface area contributed by atoms with E-state index >= 15 is 0 Å². The maximum atomic E-state index is 12.2. The average molecular weight is 278 g/mol. The van der Waals surface area contributed by atoms with Gasteiger partial charge in [-0.3, -0.25) is 4.79 Å². The molecular formula is C15H26N4O. The lowest BCUT2D eigenvalue weighted by molar-refractivity contribution is 0.355. The highest BCUT2D eigenvalue weighted by Crippen LogP contribution is 2.16. The van der Waals surface area contributed by atoms with Crippen molar-refractivity contribution in [1.29, 1.82) is 0 Å². The van der Waals surface area contributed by atoms with Gasteiger partial charge in [0.2, 0.25) is 0 Å². The minimum atomic E-state index is -0.00558. The van der Waals surface area contributed by atoms with E-state index in [-0.39, 0.29) is 11.6 Å². The Balaban J connectivity index is 2.11. The molecule has 20 heavy (non-hydrogen) atoms. The molecule has 1 N–H and O–H groups in total. The van der Waals surface area contributed by atoms with Crippen LogP contribution in [0.4, 0.5) is 5.69 Å². The van der Waals surface area contributed by atoms with Crippen LogP contribution in [-0.4, -0.2) is 36.0 Å². The molecule has 0 saturated carbocycles. The second kappa shape index (κ2) is 6.88. The summed E-state index contributed by atoms with van der Waals surface area (Å²) in [5.74, 6) is 0.468. The highest BCUT2D eigenvalue weighted by atomic mass is 16.1. The molecule has 2 heterocycles. The number of nitrogens with zero attached hydrogens (tertiary/aromatic N) is 3. The summed E-state index contributed by atoms with van der Waals surface area (Å²) in [7, 11) is 1.93. The summed E-state index contributed by atoms with van der Waals surface area (Å²) >= 11 is 0. The van der Waals surface area contributed by atoms with Crippen LogP contribution in [0.2, 0.25) is 0 Å². The van der Waals surface area contributed by atoms with E-state index in [0.29, 0.717) is 12.5 Å². The van der Waals surface area contributed by atoms with E-state index in [1.54, 1.807) is 10.7 Å². The van der Waals surface area contributed by atoms with Crippen LogP contribution < -0.4 is 15.8 Å². The second-order valence-electron chi connectivity index (χ2n) is 5.92. The van der Waals surface area contributed by atoms with Gasteiger partial charge >= 0.3 is 0 Å². The monoisotopic (exact) mass is 278 g/mol. The molecule has 0 amide bonds. The summed E-state index contributed by atoms with van der Waals surface area (Å²) < 4.78 is 1.56. The highest BCUT2D eigenvalue weighted by molar-refractivity contribution is 5.43. The van der Waals surface area contributed by atoms with Crippen molar-refractivity contribution >= 4 is 5.69 Å². The zero-order chi connectivity index (χ0) is 14.5. The summed E-state index contributed by atoms with van der Waals surface area (Å²) in [6.07, 6.45) is 5.54. The maximum absolute atomic E-state index is 12.2. The van der Waals surface area contributed by atoms with Crippen molar-refractivity contribution in [3.05, 3.63) is 22.6 Å². The van der Waals surface area contributed by atoms with Gasteiger partial charge in [0.25, 0.3) is 5.56 Å². The quantitative estimate of drug-likeness (QED) is 0.886. The molecule has 5 heteroatoms. The van der Waals surface area contributed by atoms with Crippen molar-refractivity contribution < 1.29 is 0 Å².